The molecule has 0 unspecified atom stereocenters. The van der Waals surface area contributed by atoms with Crippen LogP contribution >= 0.6 is 0 Å². The van der Waals surface area contributed by atoms with Crippen LogP contribution in [0.3, 0.4) is 0 Å². The van der Waals surface area contributed by atoms with Crippen LogP contribution in [0.25, 0.3) is 0 Å². The van der Waals surface area contributed by atoms with Gasteiger partial charge in [0.2, 0.25) is 12.4 Å². The predicted molar refractivity (Wildman–Crippen MR) is 63.6 cm³/mol. The molecular formula is C12H10FN3O. The zero-order valence-electron chi connectivity index (χ0n) is 8.85. The van der Waals surface area contributed by atoms with Gasteiger partial charge in [-0.25, -0.2) is 4.98 Å². The molecule has 1 heterocycles. The molecule has 2 N–H and O–H groups in total. The van der Waals surface area contributed by atoms with Crippen molar-refractivity contribution in [2.75, 3.05) is 10.6 Å². The van der Waals surface area contributed by atoms with Crippen molar-refractivity contribution in [2.45, 2.75) is 0 Å². The van der Waals surface area contributed by atoms with Gasteiger partial charge in [0.25, 0.3) is 0 Å². The number of nitrogens with one attached hydrogen (secondary N) is 2. The number of carbonyl (C=O) groups is 1. The van der Waals surface area contributed by atoms with Crippen molar-refractivity contribution in [1.82, 2.24) is 4.98 Å². The summed E-state index contributed by atoms with van der Waals surface area (Å²) in [5.74, 6) is -0.544. The van der Waals surface area contributed by atoms with Gasteiger partial charge in [0.05, 0.1) is 0 Å². The van der Waals surface area contributed by atoms with Crippen LogP contribution in [0.1, 0.15) is 0 Å². The lowest BCUT2D eigenvalue weighted by Gasteiger charge is -2.07. The number of amides is 1. The first-order valence-electron chi connectivity index (χ1n) is 4.97. The lowest BCUT2D eigenvalue weighted by molar-refractivity contribution is -0.105. The van der Waals surface area contributed by atoms with Crippen molar-refractivity contribution >= 4 is 23.5 Å². The number of carbonyl (C=O) groups excluding carboxylic acids is 1. The summed E-state index contributed by atoms with van der Waals surface area (Å²) in [7, 11) is 0. The lowest BCUT2D eigenvalue weighted by atomic mass is 10.2. The molecule has 0 spiro atoms. The Hall–Kier alpha value is -2.43. The Morgan fingerprint density at radius 2 is 1.88 bits per heavy atom. The molecule has 0 aliphatic rings. The third-order valence-corrected chi connectivity index (χ3v) is 2.10. The first-order chi connectivity index (χ1) is 8.28. The first kappa shape index (κ1) is 11.1. The van der Waals surface area contributed by atoms with Crippen LogP contribution in [0.5, 0.6) is 0 Å². The monoisotopic (exact) mass is 231 g/mol. The van der Waals surface area contributed by atoms with Gasteiger partial charge in [-0.05, 0) is 24.3 Å². The molecule has 0 aliphatic carbocycles. The van der Waals surface area contributed by atoms with Crippen LogP contribution < -0.4 is 10.6 Å². The maximum atomic E-state index is 12.9. The second-order valence-electron chi connectivity index (χ2n) is 3.34. The van der Waals surface area contributed by atoms with Crippen molar-refractivity contribution < 1.29 is 9.18 Å². The molecule has 2 rings (SSSR count). The van der Waals surface area contributed by atoms with Crippen LogP contribution in [0, 0.1) is 5.95 Å². The van der Waals surface area contributed by atoms with Crippen molar-refractivity contribution in [1.29, 1.82) is 0 Å². The van der Waals surface area contributed by atoms with E-state index in [1.165, 1.54) is 12.3 Å². The average molecular weight is 231 g/mol. The second kappa shape index (κ2) is 5.07. The zero-order valence-corrected chi connectivity index (χ0v) is 8.85. The summed E-state index contributed by atoms with van der Waals surface area (Å²) in [6.45, 7) is 0. The van der Waals surface area contributed by atoms with E-state index in [9.17, 15) is 9.18 Å². The molecule has 0 radical (unpaired) electrons. The van der Waals surface area contributed by atoms with Crippen LogP contribution in [0.2, 0.25) is 0 Å². The van der Waals surface area contributed by atoms with E-state index < -0.39 is 5.95 Å². The van der Waals surface area contributed by atoms with Gasteiger partial charge in [0, 0.05) is 29.3 Å². The van der Waals surface area contributed by atoms with Gasteiger partial charge in [-0.15, -0.1) is 0 Å². The summed E-state index contributed by atoms with van der Waals surface area (Å²) in [6, 6.07) is 10.0. The Kier molecular flexibility index (Phi) is 3.30. The van der Waals surface area contributed by atoms with E-state index in [2.05, 4.69) is 15.6 Å². The van der Waals surface area contributed by atoms with Crippen LogP contribution in [-0.4, -0.2) is 11.4 Å². The maximum Gasteiger partial charge on any atom is 0.214 e. The standard InChI is InChI=1S/C12H10FN3O/c13-12-7-11(4-5-14-12)16-10-3-1-2-9(6-10)15-8-17/h1-8H,(H,14,16)(H,15,17). The average Bonchev–Trinajstić information content (AvgIpc) is 2.30. The molecule has 0 atom stereocenters. The highest BCUT2D eigenvalue weighted by molar-refractivity contribution is 5.74. The number of pyridine rings is 1. The van der Waals surface area contributed by atoms with E-state index in [-0.39, 0.29) is 0 Å². The Labute approximate surface area is 97.5 Å². The SMILES string of the molecule is O=CNc1cccc(Nc2ccnc(F)c2)c1. The number of aromatic nitrogens is 1. The molecule has 86 valence electrons. The fraction of sp³-hybridized carbons (Fsp3) is 0. The molecule has 0 saturated heterocycles. The van der Waals surface area contributed by atoms with E-state index in [1.54, 1.807) is 24.3 Å². The molecule has 1 amide bonds. The minimum absolute atomic E-state index is 0.544. The van der Waals surface area contributed by atoms with Gasteiger partial charge >= 0.3 is 0 Å². The number of benzene rings is 1. The third kappa shape index (κ3) is 3.01. The second-order valence-corrected chi connectivity index (χ2v) is 3.34. The van der Waals surface area contributed by atoms with Crippen molar-refractivity contribution in [3.05, 3.63) is 48.5 Å². The molecular weight excluding hydrogens is 221 g/mol. The first-order valence-corrected chi connectivity index (χ1v) is 4.97. The topological polar surface area (TPSA) is 54.0 Å². The number of hydrogen-bond donors (Lipinski definition) is 2. The molecule has 5 heteroatoms. The highest BCUT2D eigenvalue weighted by Crippen LogP contribution is 2.19. The minimum atomic E-state index is -0.544. The Balaban J connectivity index is 2.18. The number of nitrogens with zero attached hydrogens (tertiary/aromatic N) is 1. The molecule has 1 aromatic heterocycles. The zero-order chi connectivity index (χ0) is 12.1. The summed E-state index contributed by atoms with van der Waals surface area (Å²) >= 11 is 0. The van der Waals surface area contributed by atoms with Crippen molar-refractivity contribution in [2.24, 2.45) is 0 Å². The molecule has 0 aliphatic heterocycles. The van der Waals surface area contributed by atoms with E-state index >= 15 is 0 Å². The molecule has 4 nitrogen and oxygen atoms in total. The Morgan fingerprint density at radius 1 is 1.12 bits per heavy atom. The van der Waals surface area contributed by atoms with Gasteiger partial charge in [0.15, 0.2) is 0 Å². The summed E-state index contributed by atoms with van der Waals surface area (Å²) in [5, 5.41) is 5.55. The lowest BCUT2D eigenvalue weighted by Crippen LogP contribution is -1.96. The van der Waals surface area contributed by atoms with E-state index in [4.69, 9.17) is 0 Å². The van der Waals surface area contributed by atoms with Crippen LogP contribution in [-0.2, 0) is 4.79 Å². The van der Waals surface area contributed by atoms with Gasteiger partial charge < -0.3 is 10.6 Å². The number of halogens is 1. The third-order valence-electron chi connectivity index (χ3n) is 2.10. The van der Waals surface area contributed by atoms with Crippen LogP contribution in [0.15, 0.2) is 42.6 Å². The predicted octanol–water partition coefficient (Wildman–Crippen LogP) is 2.53. The summed E-state index contributed by atoms with van der Waals surface area (Å²) in [6.07, 6.45) is 1.98. The van der Waals surface area contributed by atoms with E-state index in [0.29, 0.717) is 17.8 Å². The van der Waals surface area contributed by atoms with Gasteiger partial charge in [0.1, 0.15) is 0 Å². The number of hydrogen-bond acceptors (Lipinski definition) is 3. The molecule has 17 heavy (non-hydrogen) atoms. The van der Waals surface area contributed by atoms with Gasteiger partial charge in [-0.1, -0.05) is 6.07 Å². The summed E-state index contributed by atoms with van der Waals surface area (Å²) in [4.78, 5) is 13.8. The van der Waals surface area contributed by atoms with Crippen molar-refractivity contribution in [3.8, 4) is 0 Å². The minimum Gasteiger partial charge on any atom is -0.355 e. The number of anilines is 3. The molecule has 1 aromatic carbocycles. The normalized spacial score (nSPS) is 9.71. The fourth-order valence-electron chi connectivity index (χ4n) is 1.40. The molecule has 0 bridgehead atoms. The molecule has 0 saturated carbocycles. The highest BCUT2D eigenvalue weighted by Gasteiger charge is 1.98. The molecule has 0 fully saturated rings. The Bertz CT molecular complexity index is 531. The van der Waals surface area contributed by atoms with Gasteiger partial charge in [-0.2, -0.15) is 4.39 Å². The molecule has 2 aromatic rings. The number of rotatable bonds is 4. The maximum absolute atomic E-state index is 12.9. The van der Waals surface area contributed by atoms with Gasteiger partial charge in [-0.3, -0.25) is 4.79 Å². The van der Waals surface area contributed by atoms with Crippen LogP contribution in [0.4, 0.5) is 21.5 Å². The largest absolute Gasteiger partial charge is 0.355 e. The quantitative estimate of drug-likeness (QED) is 0.628. The summed E-state index contributed by atoms with van der Waals surface area (Å²) < 4.78 is 12.9. The smallest absolute Gasteiger partial charge is 0.214 e. The van der Waals surface area contributed by atoms with E-state index in [1.807, 2.05) is 6.07 Å². The fourth-order valence-corrected chi connectivity index (χ4v) is 1.40. The summed E-state index contributed by atoms with van der Waals surface area (Å²) in [5.41, 5.74) is 2.02. The highest BCUT2D eigenvalue weighted by atomic mass is 19.1. The van der Waals surface area contributed by atoms with Crippen molar-refractivity contribution in [3.63, 3.8) is 0 Å². The van der Waals surface area contributed by atoms with E-state index in [0.717, 1.165) is 5.69 Å². The Morgan fingerprint density at radius 3 is 2.65 bits per heavy atom.